The first-order valence-corrected chi connectivity index (χ1v) is 5.40. The van der Waals surface area contributed by atoms with Gasteiger partial charge in [0, 0.05) is 13.6 Å². The van der Waals surface area contributed by atoms with Crippen molar-refractivity contribution in [1.29, 1.82) is 0 Å². The van der Waals surface area contributed by atoms with Gasteiger partial charge in [-0.25, -0.2) is 0 Å². The second-order valence-corrected chi connectivity index (χ2v) is 4.09. The highest BCUT2D eigenvalue weighted by molar-refractivity contribution is 5.77. The molecular weight excluding hydrogens is 194 g/mol. The van der Waals surface area contributed by atoms with Gasteiger partial charge in [-0.15, -0.1) is 0 Å². The Morgan fingerprint density at radius 3 is 2.13 bits per heavy atom. The van der Waals surface area contributed by atoms with Gasteiger partial charge >= 0.3 is 0 Å². The summed E-state index contributed by atoms with van der Waals surface area (Å²) in [6, 6.07) is 0. The van der Waals surface area contributed by atoms with E-state index >= 15 is 0 Å². The van der Waals surface area contributed by atoms with Crippen molar-refractivity contribution in [2.45, 2.75) is 39.9 Å². The Morgan fingerprint density at radius 2 is 1.67 bits per heavy atom. The summed E-state index contributed by atoms with van der Waals surface area (Å²) < 4.78 is 10.6. The molecule has 0 fully saturated rings. The lowest BCUT2D eigenvalue weighted by atomic mass is 10.4. The lowest BCUT2D eigenvalue weighted by molar-refractivity contribution is -0.137. The third-order valence-corrected chi connectivity index (χ3v) is 1.84. The van der Waals surface area contributed by atoms with Gasteiger partial charge in [0.2, 0.25) is 5.91 Å². The van der Waals surface area contributed by atoms with Crippen LogP contribution < -0.4 is 0 Å². The minimum Gasteiger partial charge on any atom is -0.377 e. The number of nitrogens with zero attached hydrogens (tertiary/aromatic N) is 1. The van der Waals surface area contributed by atoms with Gasteiger partial charge in [-0.3, -0.25) is 4.79 Å². The average molecular weight is 217 g/mol. The van der Waals surface area contributed by atoms with Crippen molar-refractivity contribution in [1.82, 2.24) is 4.90 Å². The van der Waals surface area contributed by atoms with Crippen LogP contribution in [0.25, 0.3) is 0 Å². The molecular formula is C11H23NO3. The summed E-state index contributed by atoms with van der Waals surface area (Å²) in [5.41, 5.74) is 0. The fourth-order valence-electron chi connectivity index (χ4n) is 0.898. The molecule has 15 heavy (non-hydrogen) atoms. The lowest BCUT2D eigenvalue weighted by Gasteiger charge is -2.18. The SMILES string of the molecule is CC(C)OCCN(C)C(=O)COC(C)C. The van der Waals surface area contributed by atoms with E-state index in [9.17, 15) is 4.79 Å². The predicted molar refractivity (Wildman–Crippen MR) is 59.8 cm³/mol. The molecule has 0 saturated carbocycles. The Labute approximate surface area is 92.5 Å². The zero-order chi connectivity index (χ0) is 11.8. The molecule has 0 atom stereocenters. The summed E-state index contributed by atoms with van der Waals surface area (Å²) >= 11 is 0. The predicted octanol–water partition coefficient (Wildman–Crippen LogP) is 1.29. The van der Waals surface area contributed by atoms with Crippen LogP contribution in [0.1, 0.15) is 27.7 Å². The molecule has 0 rings (SSSR count). The average Bonchev–Trinajstić information content (AvgIpc) is 2.13. The van der Waals surface area contributed by atoms with Crippen molar-refractivity contribution < 1.29 is 14.3 Å². The number of carbonyl (C=O) groups is 1. The number of hydrogen-bond acceptors (Lipinski definition) is 3. The molecule has 0 radical (unpaired) electrons. The Morgan fingerprint density at radius 1 is 1.13 bits per heavy atom. The molecule has 1 amide bonds. The second kappa shape index (κ2) is 7.65. The highest BCUT2D eigenvalue weighted by atomic mass is 16.5. The molecule has 0 saturated heterocycles. The third kappa shape index (κ3) is 8.39. The largest absolute Gasteiger partial charge is 0.377 e. The molecule has 0 bridgehead atoms. The molecule has 0 aliphatic heterocycles. The van der Waals surface area contributed by atoms with E-state index in [0.717, 1.165) is 0 Å². The highest BCUT2D eigenvalue weighted by Crippen LogP contribution is 1.93. The van der Waals surface area contributed by atoms with Gasteiger partial charge in [-0.1, -0.05) is 0 Å². The fraction of sp³-hybridized carbons (Fsp3) is 0.909. The summed E-state index contributed by atoms with van der Waals surface area (Å²) in [5, 5.41) is 0. The van der Waals surface area contributed by atoms with Gasteiger partial charge in [0.25, 0.3) is 0 Å². The van der Waals surface area contributed by atoms with Crippen molar-refractivity contribution in [3.05, 3.63) is 0 Å². The van der Waals surface area contributed by atoms with Crippen LogP contribution in [-0.2, 0) is 14.3 Å². The van der Waals surface area contributed by atoms with Gasteiger partial charge < -0.3 is 14.4 Å². The second-order valence-electron chi connectivity index (χ2n) is 4.09. The van der Waals surface area contributed by atoms with Crippen LogP contribution in [0.2, 0.25) is 0 Å². The van der Waals surface area contributed by atoms with Crippen LogP contribution in [0.15, 0.2) is 0 Å². The van der Waals surface area contributed by atoms with Gasteiger partial charge in [-0.05, 0) is 27.7 Å². The van der Waals surface area contributed by atoms with Crippen LogP contribution in [0.4, 0.5) is 0 Å². The smallest absolute Gasteiger partial charge is 0.248 e. The number of likely N-dealkylation sites (N-methyl/N-ethyl adjacent to an activating group) is 1. The van der Waals surface area contributed by atoms with E-state index < -0.39 is 0 Å². The van der Waals surface area contributed by atoms with Gasteiger partial charge in [-0.2, -0.15) is 0 Å². The topological polar surface area (TPSA) is 38.8 Å². The number of rotatable bonds is 7. The van der Waals surface area contributed by atoms with E-state index in [4.69, 9.17) is 9.47 Å². The number of carbonyl (C=O) groups excluding carboxylic acids is 1. The normalized spacial score (nSPS) is 11.1. The maximum atomic E-state index is 11.5. The van der Waals surface area contributed by atoms with Crippen LogP contribution >= 0.6 is 0 Å². The van der Waals surface area contributed by atoms with E-state index in [0.29, 0.717) is 13.2 Å². The van der Waals surface area contributed by atoms with Crippen LogP contribution in [0, 0.1) is 0 Å². The van der Waals surface area contributed by atoms with Crippen molar-refractivity contribution in [3.8, 4) is 0 Å². The Bertz CT molecular complexity index is 181. The van der Waals surface area contributed by atoms with Crippen LogP contribution in [0.5, 0.6) is 0 Å². The Hall–Kier alpha value is -0.610. The van der Waals surface area contributed by atoms with Gasteiger partial charge in [0.15, 0.2) is 0 Å². The maximum absolute atomic E-state index is 11.5. The van der Waals surface area contributed by atoms with E-state index in [1.54, 1.807) is 11.9 Å². The first kappa shape index (κ1) is 14.4. The van der Waals surface area contributed by atoms with E-state index in [1.165, 1.54) is 0 Å². The minimum absolute atomic E-state index is 0.00365. The summed E-state index contributed by atoms with van der Waals surface area (Å²) in [5.74, 6) is -0.00365. The zero-order valence-corrected chi connectivity index (χ0v) is 10.4. The number of ether oxygens (including phenoxy) is 2. The van der Waals surface area contributed by atoms with E-state index in [-0.39, 0.29) is 24.7 Å². The highest BCUT2D eigenvalue weighted by Gasteiger charge is 2.09. The third-order valence-electron chi connectivity index (χ3n) is 1.84. The molecule has 0 aliphatic rings. The zero-order valence-electron chi connectivity index (χ0n) is 10.4. The molecule has 0 aliphatic carbocycles. The molecule has 0 aromatic heterocycles. The number of amides is 1. The first-order valence-electron chi connectivity index (χ1n) is 5.40. The summed E-state index contributed by atoms with van der Waals surface area (Å²) in [4.78, 5) is 13.1. The molecule has 4 heteroatoms. The number of hydrogen-bond donors (Lipinski definition) is 0. The van der Waals surface area contributed by atoms with Gasteiger partial charge in [0.05, 0.1) is 18.8 Å². The van der Waals surface area contributed by atoms with E-state index in [1.807, 2.05) is 27.7 Å². The molecule has 0 N–H and O–H groups in total. The summed E-state index contributed by atoms with van der Waals surface area (Å²) in [6.07, 6.45) is 0.301. The molecule has 0 unspecified atom stereocenters. The molecule has 0 aromatic rings. The van der Waals surface area contributed by atoms with Crippen molar-refractivity contribution in [2.24, 2.45) is 0 Å². The molecule has 0 spiro atoms. The first-order chi connectivity index (χ1) is 6.93. The molecule has 0 aromatic carbocycles. The monoisotopic (exact) mass is 217 g/mol. The van der Waals surface area contributed by atoms with Crippen LogP contribution in [0.3, 0.4) is 0 Å². The summed E-state index contributed by atoms with van der Waals surface area (Å²) in [7, 11) is 1.76. The van der Waals surface area contributed by atoms with Crippen molar-refractivity contribution in [3.63, 3.8) is 0 Å². The summed E-state index contributed by atoms with van der Waals surface area (Å²) in [6.45, 7) is 9.10. The van der Waals surface area contributed by atoms with Crippen molar-refractivity contribution >= 4 is 5.91 Å². The van der Waals surface area contributed by atoms with E-state index in [2.05, 4.69) is 0 Å². The lowest BCUT2D eigenvalue weighted by Crippen LogP contribution is -2.34. The Balaban J connectivity index is 3.60. The van der Waals surface area contributed by atoms with Crippen molar-refractivity contribution in [2.75, 3.05) is 26.8 Å². The maximum Gasteiger partial charge on any atom is 0.248 e. The molecule has 0 heterocycles. The minimum atomic E-state index is -0.00365. The fourth-order valence-corrected chi connectivity index (χ4v) is 0.898. The van der Waals surface area contributed by atoms with Gasteiger partial charge in [0.1, 0.15) is 6.61 Å². The Kier molecular flexibility index (Phi) is 7.34. The van der Waals surface area contributed by atoms with Crippen LogP contribution in [-0.4, -0.2) is 49.8 Å². The molecule has 4 nitrogen and oxygen atoms in total. The standard InChI is InChI=1S/C11H23NO3/c1-9(2)14-7-6-12(5)11(13)8-15-10(3)4/h9-10H,6-8H2,1-5H3. The molecule has 90 valence electrons. The quantitative estimate of drug-likeness (QED) is 0.645.